The molecule has 1 aliphatic carbocycles. The number of aromatic nitrogens is 1. The molecule has 5 heteroatoms. The van der Waals surface area contributed by atoms with Gasteiger partial charge in [-0.25, -0.2) is 5.43 Å². The Balaban J connectivity index is 2.04. The highest BCUT2D eigenvalue weighted by molar-refractivity contribution is 5.95. The molecule has 1 heterocycles. The van der Waals surface area contributed by atoms with Crippen molar-refractivity contribution in [2.24, 2.45) is 11.0 Å². The predicted molar refractivity (Wildman–Crippen MR) is 86.8 cm³/mol. The van der Waals surface area contributed by atoms with Crippen LogP contribution in [-0.4, -0.2) is 29.8 Å². The summed E-state index contributed by atoms with van der Waals surface area (Å²) in [5.41, 5.74) is 4.31. The molecule has 1 aliphatic rings. The average Bonchev–Trinajstić information content (AvgIpc) is 2.59. The quantitative estimate of drug-likeness (QED) is 0.648. The molecule has 1 amide bonds. The third-order valence-corrected chi connectivity index (χ3v) is 4.22. The molecule has 1 N–H and O–H groups in total. The molecule has 0 spiro atoms. The molecule has 1 saturated carbocycles. The fourth-order valence-corrected chi connectivity index (χ4v) is 2.81. The van der Waals surface area contributed by atoms with Crippen molar-refractivity contribution in [1.29, 1.82) is 0 Å². The van der Waals surface area contributed by atoms with E-state index >= 15 is 0 Å². The van der Waals surface area contributed by atoms with E-state index in [1.165, 1.54) is 19.3 Å². The van der Waals surface area contributed by atoms with Crippen molar-refractivity contribution in [1.82, 2.24) is 10.4 Å². The van der Waals surface area contributed by atoms with Gasteiger partial charge in [-0.3, -0.25) is 9.78 Å². The van der Waals surface area contributed by atoms with Crippen LogP contribution in [0.2, 0.25) is 0 Å². The minimum absolute atomic E-state index is 0.110. The van der Waals surface area contributed by atoms with E-state index in [2.05, 4.69) is 15.5 Å². The Hall–Kier alpha value is -1.75. The zero-order valence-electron chi connectivity index (χ0n) is 13.4. The summed E-state index contributed by atoms with van der Waals surface area (Å²) in [4.78, 5) is 16.0. The monoisotopic (exact) mass is 303 g/mol. The second-order valence-electron chi connectivity index (χ2n) is 5.87. The number of ether oxygens (including phenoxy) is 1. The van der Waals surface area contributed by atoms with Gasteiger partial charge in [0.1, 0.15) is 0 Å². The molecule has 1 aromatic rings. The first-order valence-electron chi connectivity index (χ1n) is 8.00. The maximum absolute atomic E-state index is 12.1. The van der Waals surface area contributed by atoms with Crippen molar-refractivity contribution < 1.29 is 9.53 Å². The minimum Gasteiger partial charge on any atom is -0.381 e. The van der Waals surface area contributed by atoms with Gasteiger partial charge in [-0.05, 0) is 37.8 Å². The Morgan fingerprint density at radius 1 is 1.36 bits per heavy atom. The summed E-state index contributed by atoms with van der Waals surface area (Å²) in [5.74, 6) is 0.268. The summed E-state index contributed by atoms with van der Waals surface area (Å²) in [5, 5.41) is 4.43. The molecule has 1 unspecified atom stereocenters. The van der Waals surface area contributed by atoms with Crippen LogP contribution in [0, 0.1) is 5.92 Å². The van der Waals surface area contributed by atoms with Gasteiger partial charge in [0.2, 0.25) is 0 Å². The molecule has 2 rings (SSSR count). The molecule has 120 valence electrons. The van der Waals surface area contributed by atoms with E-state index in [9.17, 15) is 4.79 Å². The van der Waals surface area contributed by atoms with E-state index in [1.54, 1.807) is 31.6 Å². The highest BCUT2D eigenvalue weighted by Gasteiger charge is 2.21. The van der Waals surface area contributed by atoms with E-state index in [4.69, 9.17) is 4.74 Å². The normalized spacial score (nSPS) is 18.0. The van der Waals surface area contributed by atoms with Crippen LogP contribution < -0.4 is 5.43 Å². The first kappa shape index (κ1) is 16.6. The zero-order chi connectivity index (χ0) is 15.8. The number of methoxy groups -OCH3 is 1. The first-order valence-corrected chi connectivity index (χ1v) is 8.00. The molecular formula is C17H25N3O2. The predicted octanol–water partition coefficient (Wildman–Crippen LogP) is 3.17. The Kier molecular flexibility index (Phi) is 6.52. The number of pyridine rings is 1. The minimum atomic E-state index is -0.194. The van der Waals surface area contributed by atoms with Gasteiger partial charge in [0, 0.05) is 37.2 Å². The number of amides is 1. The number of hydrazone groups is 1. The highest BCUT2D eigenvalue weighted by Crippen LogP contribution is 2.26. The van der Waals surface area contributed by atoms with Gasteiger partial charge in [-0.2, -0.15) is 5.10 Å². The molecule has 1 aromatic heterocycles. The van der Waals surface area contributed by atoms with E-state index in [-0.39, 0.29) is 12.0 Å². The number of nitrogens with zero attached hydrogens (tertiary/aromatic N) is 2. The fraction of sp³-hybridized carbons (Fsp3) is 0.588. The van der Waals surface area contributed by atoms with Gasteiger partial charge < -0.3 is 4.74 Å². The lowest BCUT2D eigenvalue weighted by molar-refractivity contribution is 0.0952. The molecule has 5 nitrogen and oxygen atoms in total. The third kappa shape index (κ3) is 4.91. The Bertz CT molecular complexity index is 496. The zero-order valence-corrected chi connectivity index (χ0v) is 13.4. The van der Waals surface area contributed by atoms with Crippen LogP contribution in [0.1, 0.15) is 55.8 Å². The van der Waals surface area contributed by atoms with Crippen LogP contribution in [0.5, 0.6) is 0 Å². The number of hydrogen-bond donors (Lipinski definition) is 1. The molecule has 0 saturated heterocycles. The molecule has 0 bridgehead atoms. The number of hydrogen-bond acceptors (Lipinski definition) is 4. The number of rotatable bonds is 6. The van der Waals surface area contributed by atoms with E-state index in [0.717, 1.165) is 25.0 Å². The maximum Gasteiger partial charge on any atom is 0.271 e. The van der Waals surface area contributed by atoms with Crippen molar-refractivity contribution in [2.45, 2.75) is 51.6 Å². The van der Waals surface area contributed by atoms with Gasteiger partial charge in [-0.1, -0.05) is 19.3 Å². The fourth-order valence-electron chi connectivity index (χ4n) is 2.81. The Morgan fingerprint density at radius 3 is 2.68 bits per heavy atom. The lowest BCUT2D eigenvalue weighted by Crippen LogP contribution is -2.27. The number of carbonyl (C=O) groups is 1. The molecule has 0 aromatic carbocycles. The maximum atomic E-state index is 12.1. The van der Waals surface area contributed by atoms with Crippen LogP contribution in [0.3, 0.4) is 0 Å². The van der Waals surface area contributed by atoms with Crippen LogP contribution in [-0.2, 0) is 4.74 Å². The van der Waals surface area contributed by atoms with Crippen molar-refractivity contribution in [3.8, 4) is 0 Å². The summed E-state index contributed by atoms with van der Waals surface area (Å²) in [7, 11) is 1.71. The average molecular weight is 303 g/mol. The van der Waals surface area contributed by atoms with Crippen LogP contribution >= 0.6 is 0 Å². The lowest BCUT2D eigenvalue weighted by atomic mass is 9.84. The van der Waals surface area contributed by atoms with Gasteiger partial charge in [-0.15, -0.1) is 0 Å². The lowest BCUT2D eigenvalue weighted by Gasteiger charge is -2.24. The van der Waals surface area contributed by atoms with E-state index in [0.29, 0.717) is 11.5 Å². The van der Waals surface area contributed by atoms with Crippen LogP contribution in [0.4, 0.5) is 0 Å². The molecule has 0 aliphatic heterocycles. The Morgan fingerprint density at radius 2 is 2.05 bits per heavy atom. The first-order chi connectivity index (χ1) is 10.7. The summed E-state index contributed by atoms with van der Waals surface area (Å²) in [6, 6.07) is 3.37. The summed E-state index contributed by atoms with van der Waals surface area (Å²) >= 11 is 0. The summed E-state index contributed by atoms with van der Waals surface area (Å²) < 4.78 is 5.36. The second-order valence-corrected chi connectivity index (χ2v) is 5.87. The standard InChI is InChI=1S/C17H25N3O2/c1-13(22-2)12-16(14-6-4-3-5-7-14)19-20-17(21)15-8-10-18-11-9-15/h8-11,13-14H,3-7,12H2,1-2H3,(H,20,21). The third-order valence-electron chi connectivity index (χ3n) is 4.22. The molecule has 1 atom stereocenters. The smallest absolute Gasteiger partial charge is 0.271 e. The van der Waals surface area contributed by atoms with Gasteiger partial charge in [0.25, 0.3) is 5.91 Å². The van der Waals surface area contributed by atoms with Crippen molar-refractivity contribution >= 4 is 11.6 Å². The van der Waals surface area contributed by atoms with Crippen molar-refractivity contribution in [3.05, 3.63) is 30.1 Å². The van der Waals surface area contributed by atoms with Crippen LogP contribution in [0.25, 0.3) is 0 Å². The SMILES string of the molecule is COC(C)CC(=NNC(=O)c1ccncc1)C1CCCCC1. The van der Waals surface area contributed by atoms with E-state index in [1.807, 2.05) is 6.92 Å². The Labute approximate surface area is 132 Å². The van der Waals surface area contributed by atoms with Gasteiger partial charge in [0.15, 0.2) is 0 Å². The number of nitrogens with one attached hydrogen (secondary N) is 1. The highest BCUT2D eigenvalue weighted by atomic mass is 16.5. The van der Waals surface area contributed by atoms with Crippen molar-refractivity contribution in [3.63, 3.8) is 0 Å². The second kappa shape index (κ2) is 8.63. The number of carbonyl (C=O) groups excluding carboxylic acids is 1. The molecular weight excluding hydrogens is 278 g/mol. The molecule has 22 heavy (non-hydrogen) atoms. The molecule has 0 radical (unpaired) electrons. The largest absolute Gasteiger partial charge is 0.381 e. The molecule has 1 fully saturated rings. The summed E-state index contributed by atoms with van der Waals surface area (Å²) in [6.45, 7) is 2.03. The van der Waals surface area contributed by atoms with Gasteiger partial charge >= 0.3 is 0 Å². The van der Waals surface area contributed by atoms with Crippen LogP contribution in [0.15, 0.2) is 29.6 Å². The summed E-state index contributed by atoms with van der Waals surface area (Å²) in [6.07, 6.45) is 10.2. The van der Waals surface area contributed by atoms with Gasteiger partial charge in [0.05, 0.1) is 6.10 Å². The van der Waals surface area contributed by atoms with Crippen molar-refractivity contribution in [2.75, 3.05) is 7.11 Å². The topological polar surface area (TPSA) is 63.6 Å². The van der Waals surface area contributed by atoms with E-state index < -0.39 is 0 Å².